The summed E-state index contributed by atoms with van der Waals surface area (Å²) in [5, 5.41) is 9.01. The lowest BCUT2D eigenvalue weighted by Gasteiger charge is -2.11. The van der Waals surface area contributed by atoms with Crippen molar-refractivity contribution in [2.45, 2.75) is 26.8 Å². The molecule has 0 atom stereocenters. The van der Waals surface area contributed by atoms with Crippen molar-refractivity contribution in [3.63, 3.8) is 0 Å². The molecule has 1 rings (SSSR count). The summed E-state index contributed by atoms with van der Waals surface area (Å²) in [4.78, 5) is 16.0. The second-order valence-corrected chi connectivity index (χ2v) is 4.53. The number of furan rings is 1. The lowest BCUT2D eigenvalue weighted by atomic mass is 10.4. The fraction of sp³-hybridized carbons (Fsp3) is 0.600. The van der Waals surface area contributed by atoms with Crippen molar-refractivity contribution >= 4 is 11.9 Å². The van der Waals surface area contributed by atoms with E-state index in [-0.39, 0.29) is 12.5 Å². The number of guanidine groups is 1. The van der Waals surface area contributed by atoms with Crippen molar-refractivity contribution in [3.8, 4) is 0 Å². The van der Waals surface area contributed by atoms with Gasteiger partial charge in [-0.2, -0.15) is 0 Å². The Labute approximate surface area is 131 Å². The van der Waals surface area contributed by atoms with Crippen LogP contribution in [0.1, 0.15) is 26.0 Å². The van der Waals surface area contributed by atoms with Gasteiger partial charge in [-0.15, -0.1) is 0 Å². The van der Waals surface area contributed by atoms with Crippen molar-refractivity contribution in [2.24, 2.45) is 4.99 Å². The standard InChI is InChI=1S/C15H26N4O3/c1-3-16-15(17-8-6-9-21-4-2)19-12-14(20)18-11-13-7-5-10-22-13/h5,7,10H,3-4,6,8-9,11-12H2,1-2H3,(H,18,20)(H2,16,17,19). The Balaban J connectivity index is 2.26. The molecule has 1 aromatic heterocycles. The monoisotopic (exact) mass is 310 g/mol. The molecule has 0 unspecified atom stereocenters. The van der Waals surface area contributed by atoms with Gasteiger partial charge in [-0.1, -0.05) is 0 Å². The Morgan fingerprint density at radius 2 is 2.18 bits per heavy atom. The highest BCUT2D eigenvalue weighted by Gasteiger charge is 2.03. The van der Waals surface area contributed by atoms with Gasteiger partial charge in [-0.05, 0) is 32.4 Å². The maximum Gasteiger partial charge on any atom is 0.242 e. The summed E-state index contributed by atoms with van der Waals surface area (Å²) in [5.74, 6) is 1.20. The van der Waals surface area contributed by atoms with Crippen LogP contribution in [0, 0.1) is 0 Å². The van der Waals surface area contributed by atoms with Gasteiger partial charge in [-0.3, -0.25) is 4.79 Å². The Hall–Kier alpha value is -2.02. The van der Waals surface area contributed by atoms with Crippen LogP contribution in [0.15, 0.2) is 27.8 Å². The minimum Gasteiger partial charge on any atom is -0.467 e. The quantitative estimate of drug-likeness (QED) is 0.339. The third-order valence-electron chi connectivity index (χ3n) is 2.73. The Morgan fingerprint density at radius 1 is 1.32 bits per heavy atom. The topological polar surface area (TPSA) is 87.9 Å². The summed E-state index contributed by atoms with van der Waals surface area (Å²) in [5.41, 5.74) is 0. The average Bonchev–Trinajstić information content (AvgIpc) is 3.03. The second-order valence-electron chi connectivity index (χ2n) is 4.53. The van der Waals surface area contributed by atoms with Gasteiger partial charge >= 0.3 is 0 Å². The third kappa shape index (κ3) is 8.31. The number of hydrogen-bond donors (Lipinski definition) is 3. The Kier molecular flexibility index (Phi) is 9.52. The molecule has 124 valence electrons. The van der Waals surface area contributed by atoms with Gasteiger partial charge in [0, 0.05) is 26.3 Å². The maximum atomic E-state index is 11.7. The zero-order chi connectivity index (χ0) is 16.0. The normalized spacial score (nSPS) is 11.3. The molecule has 0 spiro atoms. The predicted octanol–water partition coefficient (Wildman–Crippen LogP) is 0.877. The van der Waals surface area contributed by atoms with E-state index in [0.29, 0.717) is 19.1 Å². The Bertz CT molecular complexity index is 432. The molecule has 7 nitrogen and oxygen atoms in total. The molecule has 7 heteroatoms. The van der Waals surface area contributed by atoms with Crippen LogP contribution in [-0.2, 0) is 16.1 Å². The summed E-state index contributed by atoms with van der Waals surface area (Å²) < 4.78 is 10.4. The number of rotatable bonds is 10. The molecule has 0 aliphatic carbocycles. The molecular formula is C15H26N4O3. The number of aliphatic imine (C=N–C) groups is 1. The van der Waals surface area contributed by atoms with Crippen LogP contribution in [0.25, 0.3) is 0 Å². The molecule has 0 saturated heterocycles. The minimum atomic E-state index is -0.150. The summed E-state index contributed by atoms with van der Waals surface area (Å²) in [6.07, 6.45) is 2.47. The van der Waals surface area contributed by atoms with Crippen LogP contribution in [0.5, 0.6) is 0 Å². The number of hydrogen-bond acceptors (Lipinski definition) is 4. The summed E-state index contributed by atoms with van der Waals surface area (Å²) >= 11 is 0. The fourth-order valence-corrected chi connectivity index (χ4v) is 1.67. The van der Waals surface area contributed by atoms with E-state index in [1.54, 1.807) is 12.3 Å². The van der Waals surface area contributed by atoms with Crippen molar-refractivity contribution < 1.29 is 13.9 Å². The molecule has 1 heterocycles. The molecule has 0 fully saturated rings. The highest BCUT2D eigenvalue weighted by atomic mass is 16.5. The van der Waals surface area contributed by atoms with E-state index in [1.165, 1.54) is 0 Å². The SMILES string of the molecule is CCNC(=NCC(=O)NCc1ccco1)NCCCOCC. The molecular weight excluding hydrogens is 284 g/mol. The first-order valence-corrected chi connectivity index (χ1v) is 7.65. The van der Waals surface area contributed by atoms with E-state index in [4.69, 9.17) is 9.15 Å². The molecule has 0 bridgehead atoms. The minimum absolute atomic E-state index is 0.0709. The first kappa shape index (κ1) is 18.0. The van der Waals surface area contributed by atoms with E-state index in [9.17, 15) is 4.79 Å². The molecule has 0 aliphatic rings. The molecule has 3 N–H and O–H groups in total. The number of nitrogens with one attached hydrogen (secondary N) is 3. The fourth-order valence-electron chi connectivity index (χ4n) is 1.67. The highest BCUT2D eigenvalue weighted by Crippen LogP contribution is 1.98. The average molecular weight is 310 g/mol. The van der Waals surface area contributed by atoms with Gasteiger partial charge in [-0.25, -0.2) is 4.99 Å². The van der Waals surface area contributed by atoms with Crippen LogP contribution >= 0.6 is 0 Å². The van der Waals surface area contributed by atoms with Gasteiger partial charge in [0.1, 0.15) is 12.3 Å². The number of ether oxygens (including phenoxy) is 1. The number of carbonyl (C=O) groups excluding carboxylic acids is 1. The summed E-state index contributed by atoms with van der Waals surface area (Å²) in [6.45, 7) is 7.33. The first-order valence-electron chi connectivity index (χ1n) is 7.65. The van der Waals surface area contributed by atoms with E-state index >= 15 is 0 Å². The molecule has 0 aliphatic heterocycles. The van der Waals surface area contributed by atoms with Gasteiger partial charge < -0.3 is 25.1 Å². The largest absolute Gasteiger partial charge is 0.467 e. The second kappa shape index (κ2) is 11.6. The zero-order valence-corrected chi connectivity index (χ0v) is 13.4. The van der Waals surface area contributed by atoms with Crippen molar-refractivity contribution in [2.75, 3.05) is 32.8 Å². The van der Waals surface area contributed by atoms with Crippen LogP contribution < -0.4 is 16.0 Å². The Morgan fingerprint density at radius 3 is 2.86 bits per heavy atom. The van der Waals surface area contributed by atoms with Crippen molar-refractivity contribution in [1.82, 2.24) is 16.0 Å². The molecule has 22 heavy (non-hydrogen) atoms. The van der Waals surface area contributed by atoms with E-state index < -0.39 is 0 Å². The third-order valence-corrected chi connectivity index (χ3v) is 2.73. The predicted molar refractivity (Wildman–Crippen MR) is 85.6 cm³/mol. The van der Waals surface area contributed by atoms with Gasteiger partial charge in [0.05, 0.1) is 12.8 Å². The van der Waals surface area contributed by atoms with Crippen LogP contribution in [-0.4, -0.2) is 44.7 Å². The first-order chi connectivity index (χ1) is 10.8. The van der Waals surface area contributed by atoms with E-state index in [1.807, 2.05) is 19.9 Å². The van der Waals surface area contributed by atoms with Crippen LogP contribution in [0.2, 0.25) is 0 Å². The molecule has 1 amide bonds. The van der Waals surface area contributed by atoms with Crippen molar-refractivity contribution in [1.29, 1.82) is 0 Å². The molecule has 0 aromatic carbocycles. The summed E-state index contributed by atoms with van der Waals surface area (Å²) in [6, 6.07) is 3.60. The van der Waals surface area contributed by atoms with Crippen LogP contribution in [0.3, 0.4) is 0 Å². The zero-order valence-electron chi connectivity index (χ0n) is 13.4. The lowest BCUT2D eigenvalue weighted by Crippen LogP contribution is -2.39. The number of amides is 1. The van der Waals surface area contributed by atoms with Gasteiger partial charge in [0.25, 0.3) is 0 Å². The molecule has 0 radical (unpaired) electrons. The van der Waals surface area contributed by atoms with E-state index in [2.05, 4.69) is 20.9 Å². The molecule has 1 aromatic rings. The maximum absolute atomic E-state index is 11.7. The van der Waals surface area contributed by atoms with Gasteiger partial charge in [0.15, 0.2) is 5.96 Å². The smallest absolute Gasteiger partial charge is 0.242 e. The van der Waals surface area contributed by atoms with Gasteiger partial charge in [0.2, 0.25) is 5.91 Å². The molecule has 0 saturated carbocycles. The number of nitrogens with zero attached hydrogens (tertiary/aromatic N) is 1. The number of carbonyl (C=O) groups is 1. The van der Waals surface area contributed by atoms with Crippen LogP contribution in [0.4, 0.5) is 0 Å². The van der Waals surface area contributed by atoms with E-state index in [0.717, 1.165) is 31.9 Å². The summed E-state index contributed by atoms with van der Waals surface area (Å²) in [7, 11) is 0. The van der Waals surface area contributed by atoms with Crippen molar-refractivity contribution in [3.05, 3.63) is 24.2 Å². The highest BCUT2D eigenvalue weighted by molar-refractivity contribution is 5.84. The lowest BCUT2D eigenvalue weighted by molar-refractivity contribution is -0.119.